The minimum atomic E-state index is -0.224. The lowest BCUT2D eigenvalue weighted by molar-refractivity contribution is 0.0922. The number of carbonyl (C=O) groups excluding carboxylic acids is 1. The summed E-state index contributed by atoms with van der Waals surface area (Å²) in [6.45, 7) is 2.05. The van der Waals surface area contributed by atoms with Gasteiger partial charge in [0.05, 0.1) is 11.0 Å². The number of fused-ring (bicyclic) bond motifs is 3. The molecule has 0 spiro atoms. The Kier molecular flexibility index (Phi) is 2.40. The van der Waals surface area contributed by atoms with Gasteiger partial charge in [-0.05, 0) is 30.2 Å². The van der Waals surface area contributed by atoms with E-state index >= 15 is 0 Å². The normalized spacial score (nSPS) is 19.3. The number of hydrogen-bond acceptors (Lipinski definition) is 2. The summed E-state index contributed by atoms with van der Waals surface area (Å²) in [6.07, 6.45) is 2.85. The van der Waals surface area contributed by atoms with Crippen molar-refractivity contribution in [3.05, 3.63) is 35.7 Å². The number of para-hydroxylation sites is 2. The Hall–Kier alpha value is -1.42. The summed E-state index contributed by atoms with van der Waals surface area (Å²) in [5.74, 6) is 0.789. The lowest BCUT2D eigenvalue weighted by Gasteiger charge is -2.18. The number of rotatable bonds is 1. The molecule has 3 rings (SSSR count). The maximum Gasteiger partial charge on any atom is 0.250 e. The first-order valence-electron chi connectivity index (χ1n) is 5.58. The van der Waals surface area contributed by atoms with Crippen LogP contribution in [0, 0.1) is 0 Å². The van der Waals surface area contributed by atoms with Gasteiger partial charge in [-0.1, -0.05) is 35.0 Å². The fraction of sp³-hybridized carbons (Fsp3) is 0.231. The molecule has 0 N–H and O–H groups in total. The average molecular weight is 291 g/mol. The van der Waals surface area contributed by atoms with E-state index in [1.165, 1.54) is 0 Å². The van der Waals surface area contributed by atoms with E-state index in [1.54, 1.807) is 4.57 Å². The average Bonchev–Trinajstić information content (AvgIpc) is 2.72. The van der Waals surface area contributed by atoms with Crippen LogP contribution in [0.1, 0.15) is 24.0 Å². The van der Waals surface area contributed by atoms with Crippen molar-refractivity contribution in [2.24, 2.45) is 0 Å². The number of benzene rings is 1. The highest BCUT2D eigenvalue weighted by Gasteiger charge is 2.28. The van der Waals surface area contributed by atoms with Crippen molar-refractivity contribution in [3.8, 4) is 0 Å². The molecule has 0 amide bonds. The monoisotopic (exact) mass is 290 g/mol. The molecule has 1 atom stereocenters. The van der Waals surface area contributed by atoms with E-state index in [0.29, 0.717) is 0 Å². The molecule has 0 radical (unpaired) electrons. The highest BCUT2D eigenvalue weighted by molar-refractivity contribution is 9.10. The van der Waals surface area contributed by atoms with Crippen LogP contribution in [-0.2, 0) is 0 Å². The Labute approximate surface area is 107 Å². The van der Waals surface area contributed by atoms with Crippen molar-refractivity contribution in [2.75, 3.05) is 0 Å². The van der Waals surface area contributed by atoms with Gasteiger partial charge >= 0.3 is 0 Å². The van der Waals surface area contributed by atoms with E-state index in [2.05, 4.69) is 20.9 Å². The Morgan fingerprint density at radius 2 is 2.18 bits per heavy atom. The highest BCUT2D eigenvalue weighted by Crippen LogP contribution is 2.29. The van der Waals surface area contributed by atoms with Crippen LogP contribution in [0.4, 0.5) is 0 Å². The standard InChI is InChI=1S/C13H11BrN2O/c1-2-8-7-11-15-9-5-3-4-6-10(9)16(11)13(17)12(8)14/h3-7,12H,2H2,1H3. The minimum absolute atomic E-state index is 0.0491. The Morgan fingerprint density at radius 3 is 2.94 bits per heavy atom. The number of imidazole rings is 1. The predicted molar refractivity (Wildman–Crippen MR) is 71.3 cm³/mol. The van der Waals surface area contributed by atoms with Crippen LogP contribution in [0.5, 0.6) is 0 Å². The number of carbonyl (C=O) groups is 1. The SMILES string of the molecule is CCC1=Cc2nc3ccccc3n2C(=O)C1Br. The van der Waals surface area contributed by atoms with E-state index in [0.717, 1.165) is 28.9 Å². The predicted octanol–water partition coefficient (Wildman–Crippen LogP) is 3.25. The van der Waals surface area contributed by atoms with E-state index in [9.17, 15) is 4.79 Å². The molecule has 0 bridgehead atoms. The molecule has 0 fully saturated rings. The quantitative estimate of drug-likeness (QED) is 0.756. The second-order valence-corrected chi connectivity index (χ2v) is 4.98. The molecular weight excluding hydrogens is 280 g/mol. The molecule has 0 saturated carbocycles. The maximum absolute atomic E-state index is 12.3. The first-order chi connectivity index (χ1) is 8.22. The molecule has 1 aliphatic heterocycles. The van der Waals surface area contributed by atoms with Crippen LogP contribution in [0.2, 0.25) is 0 Å². The van der Waals surface area contributed by atoms with Gasteiger partial charge in [0.15, 0.2) is 0 Å². The first-order valence-corrected chi connectivity index (χ1v) is 6.50. The van der Waals surface area contributed by atoms with Crippen LogP contribution >= 0.6 is 15.9 Å². The maximum atomic E-state index is 12.3. The van der Waals surface area contributed by atoms with Gasteiger partial charge in [-0.25, -0.2) is 4.98 Å². The van der Waals surface area contributed by atoms with Gasteiger partial charge in [-0.15, -0.1) is 0 Å². The van der Waals surface area contributed by atoms with Gasteiger partial charge in [0.2, 0.25) is 0 Å². The molecule has 0 saturated heterocycles. The molecule has 17 heavy (non-hydrogen) atoms. The lowest BCUT2D eigenvalue weighted by Crippen LogP contribution is -2.27. The van der Waals surface area contributed by atoms with Crippen LogP contribution in [0.3, 0.4) is 0 Å². The highest BCUT2D eigenvalue weighted by atomic mass is 79.9. The van der Waals surface area contributed by atoms with Crippen molar-refractivity contribution >= 4 is 38.9 Å². The summed E-state index contributed by atoms with van der Waals surface area (Å²) in [5.41, 5.74) is 2.82. The van der Waals surface area contributed by atoms with Crippen molar-refractivity contribution in [2.45, 2.75) is 18.2 Å². The van der Waals surface area contributed by atoms with E-state index in [4.69, 9.17) is 0 Å². The first kappa shape index (κ1) is 10.7. The smallest absolute Gasteiger partial charge is 0.250 e. The second-order valence-electron chi connectivity index (χ2n) is 4.07. The molecule has 0 aliphatic carbocycles. The molecule has 3 nitrogen and oxygen atoms in total. The van der Waals surface area contributed by atoms with Gasteiger partial charge in [-0.3, -0.25) is 9.36 Å². The molecule has 4 heteroatoms. The second kappa shape index (κ2) is 3.81. The third kappa shape index (κ3) is 1.47. The topological polar surface area (TPSA) is 34.9 Å². The summed E-state index contributed by atoms with van der Waals surface area (Å²) in [7, 11) is 0. The molecule has 1 aromatic heterocycles. The molecule has 2 heterocycles. The summed E-state index contributed by atoms with van der Waals surface area (Å²) in [6, 6.07) is 7.71. The number of alkyl halides is 1. The van der Waals surface area contributed by atoms with Gasteiger partial charge in [-0.2, -0.15) is 0 Å². The van der Waals surface area contributed by atoms with Gasteiger partial charge < -0.3 is 0 Å². The summed E-state index contributed by atoms with van der Waals surface area (Å²) >= 11 is 3.45. The fourth-order valence-corrected chi connectivity index (χ4v) is 2.83. The van der Waals surface area contributed by atoms with Gasteiger partial charge in [0, 0.05) is 0 Å². The molecule has 1 aromatic carbocycles. The van der Waals surface area contributed by atoms with E-state index < -0.39 is 0 Å². The van der Waals surface area contributed by atoms with Crippen LogP contribution in [0.25, 0.3) is 17.1 Å². The number of nitrogens with zero attached hydrogens (tertiary/aromatic N) is 2. The van der Waals surface area contributed by atoms with Gasteiger partial charge in [0.1, 0.15) is 10.7 Å². The van der Waals surface area contributed by atoms with Crippen molar-refractivity contribution in [3.63, 3.8) is 0 Å². The molecule has 2 aromatic rings. The van der Waals surface area contributed by atoms with Gasteiger partial charge in [0.25, 0.3) is 5.91 Å². The Morgan fingerprint density at radius 1 is 1.41 bits per heavy atom. The van der Waals surface area contributed by atoms with Crippen LogP contribution < -0.4 is 0 Å². The number of hydrogen-bond donors (Lipinski definition) is 0. The zero-order valence-corrected chi connectivity index (χ0v) is 10.9. The van der Waals surface area contributed by atoms with Crippen LogP contribution in [0.15, 0.2) is 29.8 Å². The lowest BCUT2D eigenvalue weighted by atomic mass is 10.1. The number of aromatic nitrogens is 2. The number of allylic oxidation sites excluding steroid dienone is 1. The zero-order chi connectivity index (χ0) is 12.0. The summed E-state index contributed by atoms with van der Waals surface area (Å²) in [5, 5.41) is 0. The zero-order valence-electron chi connectivity index (χ0n) is 9.35. The molecule has 1 unspecified atom stereocenters. The summed E-state index contributed by atoms with van der Waals surface area (Å²) in [4.78, 5) is 16.6. The number of halogens is 1. The van der Waals surface area contributed by atoms with Crippen molar-refractivity contribution < 1.29 is 4.79 Å². The molecule has 86 valence electrons. The molecular formula is C13H11BrN2O. The third-order valence-electron chi connectivity index (χ3n) is 3.07. The fourth-order valence-electron chi connectivity index (χ4n) is 2.17. The van der Waals surface area contributed by atoms with E-state index in [1.807, 2.05) is 37.3 Å². The Bertz CT molecular complexity index is 642. The van der Waals surface area contributed by atoms with E-state index in [-0.39, 0.29) is 10.7 Å². The molecule has 1 aliphatic rings. The Balaban J connectivity index is 2.33. The minimum Gasteiger partial charge on any atom is -0.272 e. The third-order valence-corrected chi connectivity index (χ3v) is 4.05. The summed E-state index contributed by atoms with van der Waals surface area (Å²) < 4.78 is 1.69. The van der Waals surface area contributed by atoms with Crippen molar-refractivity contribution in [1.82, 2.24) is 9.55 Å². The van der Waals surface area contributed by atoms with Crippen LogP contribution in [-0.4, -0.2) is 20.3 Å². The largest absolute Gasteiger partial charge is 0.272 e. The van der Waals surface area contributed by atoms with Crippen molar-refractivity contribution in [1.29, 1.82) is 0 Å².